The Kier molecular flexibility index (Phi) is 8.38. The second-order valence-electron chi connectivity index (χ2n) is 7.93. The van der Waals surface area contributed by atoms with Crippen molar-refractivity contribution in [1.82, 2.24) is 9.88 Å². The summed E-state index contributed by atoms with van der Waals surface area (Å²) in [5, 5.41) is 10.9. The molecule has 1 saturated heterocycles. The number of para-hydroxylation sites is 1. The number of hydrogen-bond donors (Lipinski definition) is 2. The number of H-pyrrole nitrogens is 1. The van der Waals surface area contributed by atoms with Crippen molar-refractivity contribution in [2.75, 3.05) is 29.7 Å². The van der Waals surface area contributed by atoms with Crippen LogP contribution in [0.15, 0.2) is 59.6 Å². The van der Waals surface area contributed by atoms with Crippen LogP contribution in [0.25, 0.3) is 17.0 Å². The molecule has 1 fully saturated rings. The molecule has 10 heteroatoms. The fraction of sp³-hybridized carbons (Fsp3) is 0.240. The fourth-order valence-electron chi connectivity index (χ4n) is 4.05. The number of thioether (sulfide) groups is 1. The Balaban J connectivity index is 1.55. The number of alkyl halides is 2. The van der Waals surface area contributed by atoms with Crippen molar-refractivity contribution in [3.8, 4) is 0 Å². The molecule has 0 spiro atoms. The van der Waals surface area contributed by atoms with E-state index >= 15 is 0 Å². The number of thiocarbonyl (C=S) groups is 1. The molecular formula is C25H23Cl2N3O3S2. The number of benzene rings is 2. The number of carbonyl (C=O) groups excluding carboxylic acids is 1. The van der Waals surface area contributed by atoms with Gasteiger partial charge in [-0.2, -0.15) is 0 Å². The molecule has 3 aromatic rings. The van der Waals surface area contributed by atoms with Gasteiger partial charge in [0.15, 0.2) is 0 Å². The molecule has 0 bridgehead atoms. The third kappa shape index (κ3) is 5.67. The molecule has 0 aliphatic carbocycles. The van der Waals surface area contributed by atoms with Gasteiger partial charge in [-0.3, -0.25) is 9.69 Å². The molecular weight excluding hydrogens is 525 g/mol. The maximum Gasteiger partial charge on any atom is 0.327 e. The maximum absolute atomic E-state index is 13.2. The van der Waals surface area contributed by atoms with Gasteiger partial charge in [-0.05, 0) is 35.4 Å². The van der Waals surface area contributed by atoms with Crippen LogP contribution in [0.5, 0.6) is 0 Å². The number of rotatable bonds is 10. The number of aromatic nitrogens is 1. The minimum absolute atomic E-state index is 0.144. The molecule has 1 atom stereocenters. The topological polar surface area (TPSA) is 76.6 Å². The largest absolute Gasteiger partial charge is 0.480 e. The van der Waals surface area contributed by atoms with Crippen LogP contribution in [0.4, 0.5) is 5.69 Å². The molecule has 1 aliphatic rings. The van der Waals surface area contributed by atoms with Gasteiger partial charge < -0.3 is 15.0 Å². The highest BCUT2D eigenvalue weighted by molar-refractivity contribution is 8.26. The number of carbonyl (C=O) groups is 2. The highest BCUT2D eigenvalue weighted by Crippen LogP contribution is 2.35. The first-order valence-electron chi connectivity index (χ1n) is 10.9. The van der Waals surface area contributed by atoms with E-state index in [9.17, 15) is 14.7 Å². The third-order valence-electron chi connectivity index (χ3n) is 5.77. The van der Waals surface area contributed by atoms with Crippen molar-refractivity contribution in [1.29, 1.82) is 0 Å². The van der Waals surface area contributed by atoms with E-state index in [-0.39, 0.29) is 10.7 Å². The molecule has 35 heavy (non-hydrogen) atoms. The number of aromatic amines is 1. The molecule has 4 rings (SSSR count). The van der Waals surface area contributed by atoms with E-state index in [0.717, 1.165) is 39.5 Å². The first-order chi connectivity index (χ1) is 16.9. The van der Waals surface area contributed by atoms with E-state index < -0.39 is 17.9 Å². The van der Waals surface area contributed by atoms with E-state index in [2.05, 4.69) is 9.88 Å². The SMILES string of the molecule is O=C(O)C(Cc1c[nH]c2ccccc12)N1C(=O)/C(=C/c2ccc(N(CCCl)CCCl)cc2)SC1=S. The number of hydrogen-bond acceptors (Lipinski definition) is 5. The maximum atomic E-state index is 13.2. The molecule has 2 aromatic carbocycles. The molecule has 6 nitrogen and oxygen atoms in total. The van der Waals surface area contributed by atoms with E-state index in [1.807, 2.05) is 48.5 Å². The zero-order chi connectivity index (χ0) is 24.9. The fourth-order valence-corrected chi connectivity index (χ4v) is 5.82. The lowest BCUT2D eigenvalue weighted by Crippen LogP contribution is -2.45. The second kappa shape index (κ2) is 11.5. The van der Waals surface area contributed by atoms with Gasteiger partial charge in [0, 0.05) is 54.1 Å². The van der Waals surface area contributed by atoms with Crippen molar-refractivity contribution >= 4 is 86.0 Å². The summed E-state index contributed by atoms with van der Waals surface area (Å²) in [6.45, 7) is 1.36. The highest BCUT2D eigenvalue weighted by Gasteiger charge is 2.40. The van der Waals surface area contributed by atoms with Crippen LogP contribution < -0.4 is 4.90 Å². The molecule has 1 aromatic heterocycles. The quantitative estimate of drug-likeness (QED) is 0.202. The lowest BCUT2D eigenvalue weighted by atomic mass is 10.0. The molecule has 1 aliphatic heterocycles. The van der Waals surface area contributed by atoms with Crippen LogP contribution in [-0.4, -0.2) is 62.1 Å². The zero-order valence-electron chi connectivity index (χ0n) is 18.6. The summed E-state index contributed by atoms with van der Waals surface area (Å²) in [5.74, 6) is -0.521. The standard InChI is InChI=1S/C25H23Cl2N3O3S2/c26-9-11-29(12-10-27)18-7-5-16(6-8-18)13-22-23(31)30(25(34)35-22)21(24(32)33)14-17-15-28-20-4-2-1-3-19(17)20/h1-8,13,15,21,28H,9-12,14H2,(H,32,33)/b22-13-. The van der Waals surface area contributed by atoms with Gasteiger partial charge in [0.05, 0.1) is 4.91 Å². The number of fused-ring (bicyclic) bond motifs is 1. The third-order valence-corrected chi connectivity index (χ3v) is 7.44. The monoisotopic (exact) mass is 547 g/mol. The van der Waals surface area contributed by atoms with Crippen LogP contribution in [0.2, 0.25) is 0 Å². The summed E-state index contributed by atoms with van der Waals surface area (Å²) in [6, 6.07) is 14.2. The first-order valence-corrected chi connectivity index (χ1v) is 13.2. The minimum atomic E-state index is -1.10. The number of carboxylic acids is 1. The number of nitrogens with zero attached hydrogens (tertiary/aromatic N) is 2. The number of halogens is 2. The average molecular weight is 549 g/mol. The Morgan fingerprint density at radius 1 is 1.14 bits per heavy atom. The van der Waals surface area contributed by atoms with Gasteiger partial charge in [-0.25, -0.2) is 4.79 Å². The summed E-state index contributed by atoms with van der Waals surface area (Å²) in [6.07, 6.45) is 3.67. The molecule has 1 amide bonds. The molecule has 1 unspecified atom stereocenters. The van der Waals surface area contributed by atoms with Gasteiger partial charge in [0.25, 0.3) is 5.91 Å². The molecule has 0 radical (unpaired) electrons. The zero-order valence-corrected chi connectivity index (χ0v) is 21.8. The summed E-state index contributed by atoms with van der Waals surface area (Å²) < 4.78 is 0.237. The summed E-state index contributed by atoms with van der Waals surface area (Å²) >= 11 is 18.3. The van der Waals surface area contributed by atoms with Crippen molar-refractivity contribution in [3.05, 3.63) is 70.8 Å². The number of aliphatic carboxylic acids is 1. The predicted molar refractivity (Wildman–Crippen MR) is 149 cm³/mol. The Morgan fingerprint density at radius 3 is 2.49 bits per heavy atom. The van der Waals surface area contributed by atoms with Crippen LogP contribution >= 0.6 is 47.2 Å². The van der Waals surface area contributed by atoms with E-state index in [0.29, 0.717) is 29.8 Å². The van der Waals surface area contributed by atoms with Gasteiger partial charge in [-0.15, -0.1) is 23.2 Å². The second-order valence-corrected chi connectivity index (χ2v) is 10.4. The Bertz CT molecular complexity index is 1270. The van der Waals surface area contributed by atoms with Crippen molar-refractivity contribution in [2.24, 2.45) is 0 Å². The summed E-state index contributed by atoms with van der Waals surface area (Å²) in [4.78, 5) is 32.3. The van der Waals surface area contributed by atoms with E-state index in [4.69, 9.17) is 35.4 Å². The van der Waals surface area contributed by atoms with Crippen LogP contribution in [0, 0.1) is 0 Å². The van der Waals surface area contributed by atoms with Crippen LogP contribution in [0.1, 0.15) is 11.1 Å². The Morgan fingerprint density at radius 2 is 1.83 bits per heavy atom. The van der Waals surface area contributed by atoms with Crippen LogP contribution in [0.3, 0.4) is 0 Å². The molecule has 0 saturated carbocycles. The van der Waals surface area contributed by atoms with Gasteiger partial charge in [0.2, 0.25) is 0 Å². The Hall–Kier alpha value is -2.52. The van der Waals surface area contributed by atoms with Crippen molar-refractivity contribution < 1.29 is 14.7 Å². The lowest BCUT2D eigenvalue weighted by molar-refractivity contribution is -0.145. The number of amides is 1. The minimum Gasteiger partial charge on any atom is -0.480 e. The summed E-state index contributed by atoms with van der Waals surface area (Å²) in [7, 11) is 0. The molecule has 2 N–H and O–H groups in total. The summed E-state index contributed by atoms with van der Waals surface area (Å²) in [5.41, 5.74) is 3.53. The molecule has 2 heterocycles. The average Bonchev–Trinajstić information content (AvgIpc) is 3.38. The van der Waals surface area contributed by atoms with Crippen molar-refractivity contribution in [2.45, 2.75) is 12.5 Å². The van der Waals surface area contributed by atoms with Gasteiger partial charge in [0.1, 0.15) is 10.4 Å². The van der Waals surface area contributed by atoms with Gasteiger partial charge >= 0.3 is 5.97 Å². The van der Waals surface area contributed by atoms with E-state index in [1.165, 1.54) is 4.90 Å². The lowest BCUT2D eigenvalue weighted by Gasteiger charge is -2.23. The normalized spacial score (nSPS) is 15.8. The first kappa shape index (κ1) is 25.6. The van der Waals surface area contributed by atoms with Gasteiger partial charge in [-0.1, -0.05) is 54.3 Å². The number of anilines is 1. The smallest absolute Gasteiger partial charge is 0.327 e. The predicted octanol–water partition coefficient (Wildman–Crippen LogP) is 5.35. The van der Waals surface area contributed by atoms with Crippen LogP contribution in [-0.2, 0) is 16.0 Å². The van der Waals surface area contributed by atoms with E-state index in [1.54, 1.807) is 12.3 Å². The molecule has 182 valence electrons. The van der Waals surface area contributed by atoms with Crippen molar-refractivity contribution in [3.63, 3.8) is 0 Å². The number of carboxylic acid groups (broad SMARTS) is 1. The Labute approximate surface area is 222 Å². The highest BCUT2D eigenvalue weighted by atomic mass is 35.5. The number of nitrogens with one attached hydrogen (secondary N) is 1.